The van der Waals surface area contributed by atoms with Crippen LogP contribution in [0.15, 0.2) is 24.3 Å². The molecule has 130 valence electrons. The van der Waals surface area contributed by atoms with Gasteiger partial charge in [0.1, 0.15) is 0 Å². The number of hydrogen-bond acceptors (Lipinski definition) is 3. The van der Waals surface area contributed by atoms with Gasteiger partial charge in [-0.05, 0) is 43.0 Å². The van der Waals surface area contributed by atoms with Gasteiger partial charge in [0.15, 0.2) is 0 Å². The lowest BCUT2D eigenvalue weighted by atomic mass is 9.97. The van der Waals surface area contributed by atoms with Gasteiger partial charge < -0.3 is 15.3 Å². The van der Waals surface area contributed by atoms with Crippen LogP contribution in [-0.4, -0.2) is 36.0 Å². The van der Waals surface area contributed by atoms with Crippen molar-refractivity contribution in [3.8, 4) is 0 Å². The quantitative estimate of drug-likeness (QED) is 0.802. The highest BCUT2D eigenvalue weighted by atomic mass is 16.4. The minimum atomic E-state index is -0.896. The Morgan fingerprint density at radius 1 is 1.25 bits per heavy atom. The molecular weight excluding hydrogens is 308 g/mol. The van der Waals surface area contributed by atoms with Gasteiger partial charge in [-0.15, -0.1) is 0 Å². The second-order valence-corrected chi connectivity index (χ2v) is 6.57. The van der Waals surface area contributed by atoms with Crippen molar-refractivity contribution in [2.45, 2.75) is 33.1 Å². The molecular formula is C18H24N2O4. The van der Waals surface area contributed by atoms with Gasteiger partial charge in [0.25, 0.3) is 5.91 Å². The third-order valence-electron chi connectivity index (χ3n) is 4.13. The molecule has 2 amide bonds. The van der Waals surface area contributed by atoms with E-state index in [1.807, 2.05) is 13.8 Å². The van der Waals surface area contributed by atoms with Gasteiger partial charge >= 0.3 is 5.97 Å². The largest absolute Gasteiger partial charge is 0.481 e. The summed E-state index contributed by atoms with van der Waals surface area (Å²) in [4.78, 5) is 36.8. The van der Waals surface area contributed by atoms with Crippen LogP contribution in [0.5, 0.6) is 0 Å². The van der Waals surface area contributed by atoms with E-state index in [2.05, 4.69) is 5.32 Å². The number of carboxylic acid groups (broad SMARTS) is 1. The minimum absolute atomic E-state index is 0.102. The fourth-order valence-electron chi connectivity index (χ4n) is 2.87. The number of benzene rings is 1. The summed E-state index contributed by atoms with van der Waals surface area (Å²) < 4.78 is 0. The summed E-state index contributed by atoms with van der Waals surface area (Å²) in [5, 5.41) is 11.9. The highest BCUT2D eigenvalue weighted by Crippen LogP contribution is 2.21. The lowest BCUT2D eigenvalue weighted by Gasteiger charge is -2.17. The molecule has 2 N–H and O–H groups in total. The van der Waals surface area contributed by atoms with Gasteiger partial charge in [-0.25, -0.2) is 0 Å². The molecule has 1 aliphatic rings. The summed E-state index contributed by atoms with van der Waals surface area (Å²) in [6.07, 6.45) is 1.94. The lowest BCUT2D eigenvalue weighted by molar-refractivity contribution is -0.142. The van der Waals surface area contributed by atoms with E-state index in [1.165, 1.54) is 0 Å². The predicted molar refractivity (Wildman–Crippen MR) is 90.9 cm³/mol. The van der Waals surface area contributed by atoms with Crippen molar-refractivity contribution in [2.24, 2.45) is 11.8 Å². The zero-order valence-electron chi connectivity index (χ0n) is 14.1. The Labute approximate surface area is 141 Å². The van der Waals surface area contributed by atoms with Crippen LogP contribution in [-0.2, 0) is 9.59 Å². The van der Waals surface area contributed by atoms with E-state index in [0.717, 1.165) is 12.1 Å². The molecule has 1 aromatic carbocycles. The molecule has 0 aromatic heterocycles. The highest BCUT2D eigenvalue weighted by molar-refractivity contribution is 5.97. The molecule has 1 aromatic rings. The zero-order chi connectivity index (χ0) is 17.7. The van der Waals surface area contributed by atoms with Gasteiger partial charge in [-0.1, -0.05) is 13.8 Å². The third-order valence-corrected chi connectivity index (χ3v) is 4.13. The first-order chi connectivity index (χ1) is 11.4. The molecule has 1 heterocycles. The van der Waals surface area contributed by atoms with Crippen LogP contribution in [0.25, 0.3) is 0 Å². The molecule has 24 heavy (non-hydrogen) atoms. The fourth-order valence-corrected chi connectivity index (χ4v) is 2.87. The van der Waals surface area contributed by atoms with E-state index in [1.54, 1.807) is 29.2 Å². The fraction of sp³-hybridized carbons (Fsp3) is 0.500. The van der Waals surface area contributed by atoms with Gasteiger partial charge in [0.05, 0.1) is 5.92 Å². The average Bonchev–Trinajstić information content (AvgIpc) is 2.96. The number of nitrogens with one attached hydrogen (secondary N) is 1. The molecule has 0 bridgehead atoms. The molecule has 1 saturated heterocycles. The Morgan fingerprint density at radius 3 is 2.42 bits per heavy atom. The maximum Gasteiger partial charge on any atom is 0.308 e. The lowest BCUT2D eigenvalue weighted by Crippen LogP contribution is -2.33. The number of carbonyl (C=O) groups is 3. The van der Waals surface area contributed by atoms with Crippen molar-refractivity contribution >= 4 is 23.5 Å². The smallest absolute Gasteiger partial charge is 0.308 e. The van der Waals surface area contributed by atoms with Gasteiger partial charge in [0, 0.05) is 30.8 Å². The molecule has 6 nitrogen and oxygen atoms in total. The summed E-state index contributed by atoms with van der Waals surface area (Å²) >= 11 is 0. The van der Waals surface area contributed by atoms with Crippen LogP contribution in [0.2, 0.25) is 0 Å². The number of carbonyl (C=O) groups excluding carboxylic acids is 2. The summed E-state index contributed by atoms with van der Waals surface area (Å²) in [7, 11) is 0. The molecule has 1 aliphatic heterocycles. The molecule has 2 rings (SSSR count). The van der Waals surface area contributed by atoms with Crippen molar-refractivity contribution in [1.29, 1.82) is 0 Å². The first-order valence-corrected chi connectivity index (χ1v) is 8.30. The Kier molecular flexibility index (Phi) is 5.95. The minimum Gasteiger partial charge on any atom is -0.481 e. The predicted octanol–water partition coefficient (Wildman–Crippen LogP) is 2.29. The van der Waals surface area contributed by atoms with Gasteiger partial charge in [-0.3, -0.25) is 14.4 Å². The second kappa shape index (κ2) is 7.95. The number of amides is 2. The van der Waals surface area contributed by atoms with E-state index in [4.69, 9.17) is 0 Å². The summed E-state index contributed by atoms with van der Waals surface area (Å²) in [5.41, 5.74) is 1.25. The average molecular weight is 332 g/mol. The molecule has 1 unspecified atom stereocenters. The van der Waals surface area contributed by atoms with Crippen LogP contribution < -0.4 is 10.2 Å². The highest BCUT2D eigenvalue weighted by Gasteiger charge is 2.22. The number of carboxylic acids is 1. The Bertz CT molecular complexity index is 610. The van der Waals surface area contributed by atoms with Gasteiger partial charge in [-0.2, -0.15) is 0 Å². The molecule has 0 saturated carbocycles. The number of aliphatic carboxylic acids is 1. The van der Waals surface area contributed by atoms with Crippen LogP contribution in [0, 0.1) is 11.8 Å². The Balaban J connectivity index is 1.94. The van der Waals surface area contributed by atoms with Gasteiger partial charge in [0.2, 0.25) is 5.91 Å². The summed E-state index contributed by atoms with van der Waals surface area (Å²) in [5.74, 6) is -1.43. The van der Waals surface area contributed by atoms with E-state index >= 15 is 0 Å². The van der Waals surface area contributed by atoms with Crippen molar-refractivity contribution < 1.29 is 19.5 Å². The molecule has 0 radical (unpaired) electrons. The molecule has 6 heteroatoms. The number of anilines is 1. The maximum absolute atomic E-state index is 12.2. The monoisotopic (exact) mass is 332 g/mol. The van der Waals surface area contributed by atoms with E-state index in [-0.39, 0.29) is 24.3 Å². The Morgan fingerprint density at radius 2 is 1.92 bits per heavy atom. The van der Waals surface area contributed by atoms with Crippen molar-refractivity contribution in [1.82, 2.24) is 5.32 Å². The topological polar surface area (TPSA) is 86.7 Å². The van der Waals surface area contributed by atoms with Crippen molar-refractivity contribution in [2.75, 3.05) is 18.0 Å². The number of nitrogens with zero attached hydrogens (tertiary/aromatic N) is 1. The van der Waals surface area contributed by atoms with Crippen molar-refractivity contribution in [3.05, 3.63) is 29.8 Å². The van der Waals surface area contributed by atoms with Crippen LogP contribution >= 0.6 is 0 Å². The van der Waals surface area contributed by atoms with Crippen LogP contribution in [0.4, 0.5) is 5.69 Å². The normalized spacial score (nSPS) is 15.6. The first kappa shape index (κ1) is 18.0. The molecule has 1 fully saturated rings. The molecule has 1 atom stereocenters. The van der Waals surface area contributed by atoms with E-state index in [9.17, 15) is 19.5 Å². The molecule has 0 spiro atoms. The number of rotatable bonds is 7. The van der Waals surface area contributed by atoms with E-state index < -0.39 is 11.9 Å². The van der Waals surface area contributed by atoms with Crippen LogP contribution in [0.1, 0.15) is 43.5 Å². The van der Waals surface area contributed by atoms with E-state index in [0.29, 0.717) is 24.9 Å². The standard InChI is InChI=1S/C18H24N2O4/c1-12(2)10-14(18(23)24)11-19-17(22)13-5-7-15(8-6-13)20-9-3-4-16(20)21/h5-8,12,14H,3-4,9-11H2,1-2H3,(H,19,22)(H,23,24). The first-order valence-electron chi connectivity index (χ1n) is 8.30. The maximum atomic E-state index is 12.2. The second-order valence-electron chi connectivity index (χ2n) is 6.57. The van der Waals surface area contributed by atoms with Crippen LogP contribution in [0.3, 0.4) is 0 Å². The summed E-state index contributed by atoms with van der Waals surface area (Å²) in [6, 6.07) is 6.82. The number of hydrogen-bond donors (Lipinski definition) is 2. The Hall–Kier alpha value is -2.37. The zero-order valence-corrected chi connectivity index (χ0v) is 14.1. The molecule has 0 aliphatic carbocycles. The SMILES string of the molecule is CC(C)CC(CNC(=O)c1ccc(N2CCCC2=O)cc1)C(=O)O. The van der Waals surface area contributed by atoms with Crippen molar-refractivity contribution in [3.63, 3.8) is 0 Å². The summed E-state index contributed by atoms with van der Waals surface area (Å²) in [6.45, 7) is 4.73. The third kappa shape index (κ3) is 4.57.